The molecule has 1 aliphatic heterocycles. The van der Waals surface area contributed by atoms with E-state index in [0.29, 0.717) is 0 Å². The number of thiazole rings is 1. The van der Waals surface area contributed by atoms with Crippen LogP contribution < -0.4 is 0 Å². The highest BCUT2D eigenvalue weighted by molar-refractivity contribution is 7.13. The number of carboxylic acid groups (broad SMARTS) is 1. The Morgan fingerprint density at radius 1 is 1.71 bits per heavy atom. The summed E-state index contributed by atoms with van der Waals surface area (Å²) in [6.07, 6.45) is 0.882. The lowest BCUT2D eigenvalue weighted by Crippen LogP contribution is -2.29. The molecule has 0 fully saturated rings. The minimum Gasteiger partial charge on any atom is -0.476 e. The molecule has 0 saturated heterocycles. The topological polar surface area (TPSA) is 53.4 Å². The van der Waals surface area contributed by atoms with Crippen molar-refractivity contribution in [2.75, 3.05) is 13.1 Å². The van der Waals surface area contributed by atoms with Crippen molar-refractivity contribution in [3.63, 3.8) is 0 Å². The van der Waals surface area contributed by atoms with Gasteiger partial charge in [0, 0.05) is 24.4 Å². The van der Waals surface area contributed by atoms with Crippen LogP contribution >= 0.6 is 11.3 Å². The van der Waals surface area contributed by atoms with Crippen molar-refractivity contribution in [2.45, 2.75) is 19.9 Å². The first kappa shape index (κ1) is 9.61. The second-order valence-electron chi connectivity index (χ2n) is 3.31. The Kier molecular flexibility index (Phi) is 2.52. The number of aromatic nitrogens is 1. The summed E-state index contributed by atoms with van der Waals surface area (Å²) in [6, 6.07) is 0. The molecule has 0 radical (unpaired) electrons. The molecule has 0 spiro atoms. The molecule has 0 saturated carbocycles. The van der Waals surface area contributed by atoms with E-state index in [1.54, 1.807) is 0 Å². The Balaban J connectivity index is 2.25. The highest BCUT2D eigenvalue weighted by Gasteiger charge is 2.21. The smallest absolute Gasteiger partial charge is 0.365 e. The van der Waals surface area contributed by atoms with Gasteiger partial charge in [-0.3, -0.25) is 4.90 Å². The van der Waals surface area contributed by atoms with Crippen LogP contribution in [0.5, 0.6) is 0 Å². The zero-order valence-corrected chi connectivity index (χ0v) is 8.80. The molecule has 1 aliphatic rings. The second-order valence-corrected chi connectivity index (χ2v) is 4.40. The van der Waals surface area contributed by atoms with Gasteiger partial charge < -0.3 is 5.11 Å². The van der Waals surface area contributed by atoms with Crippen LogP contribution in [0.15, 0.2) is 0 Å². The molecule has 1 aromatic heterocycles. The molecule has 0 unspecified atom stereocenters. The average molecular weight is 212 g/mol. The van der Waals surface area contributed by atoms with E-state index in [1.807, 2.05) is 0 Å². The first-order valence-corrected chi connectivity index (χ1v) is 5.46. The zero-order chi connectivity index (χ0) is 10.1. The Hall–Kier alpha value is -0.940. The third-order valence-corrected chi connectivity index (χ3v) is 3.51. The molecule has 4 nitrogen and oxygen atoms in total. The second kappa shape index (κ2) is 3.67. The van der Waals surface area contributed by atoms with Crippen LogP contribution in [-0.2, 0) is 13.0 Å². The van der Waals surface area contributed by atoms with E-state index < -0.39 is 5.97 Å². The van der Waals surface area contributed by atoms with Crippen LogP contribution in [-0.4, -0.2) is 34.0 Å². The number of rotatable bonds is 2. The number of likely N-dealkylation sites (N-methyl/N-ethyl adjacent to an activating group) is 1. The lowest BCUT2D eigenvalue weighted by Gasteiger charge is -2.23. The largest absolute Gasteiger partial charge is 0.476 e. The molecule has 2 rings (SSSR count). The Labute approximate surface area is 86.2 Å². The predicted octanol–water partition coefficient (Wildman–Crippen LogP) is 1.22. The maximum atomic E-state index is 10.7. The first-order chi connectivity index (χ1) is 6.70. The van der Waals surface area contributed by atoms with Crippen molar-refractivity contribution in [3.05, 3.63) is 15.6 Å². The third-order valence-electron chi connectivity index (χ3n) is 2.44. The summed E-state index contributed by atoms with van der Waals surface area (Å²) >= 11 is 1.31. The summed E-state index contributed by atoms with van der Waals surface area (Å²) in [5.74, 6) is -0.910. The van der Waals surface area contributed by atoms with Gasteiger partial charge in [-0.25, -0.2) is 9.78 Å². The van der Waals surface area contributed by atoms with Gasteiger partial charge in [0.1, 0.15) is 0 Å². The Morgan fingerprint density at radius 2 is 2.50 bits per heavy atom. The van der Waals surface area contributed by atoms with Crippen LogP contribution in [0.4, 0.5) is 0 Å². The quantitative estimate of drug-likeness (QED) is 0.800. The number of nitrogens with zero attached hydrogens (tertiary/aromatic N) is 2. The van der Waals surface area contributed by atoms with E-state index in [1.165, 1.54) is 11.3 Å². The molecule has 0 aliphatic carbocycles. The van der Waals surface area contributed by atoms with Crippen LogP contribution in [0.3, 0.4) is 0 Å². The number of carboxylic acids is 1. The molecule has 2 heterocycles. The monoisotopic (exact) mass is 212 g/mol. The van der Waals surface area contributed by atoms with E-state index in [2.05, 4.69) is 16.8 Å². The van der Waals surface area contributed by atoms with Crippen LogP contribution in [0.2, 0.25) is 0 Å². The van der Waals surface area contributed by atoms with Gasteiger partial charge in [-0.05, 0) is 6.54 Å². The van der Waals surface area contributed by atoms with Crippen LogP contribution in [0.1, 0.15) is 27.3 Å². The molecule has 76 valence electrons. The molecule has 1 aromatic rings. The summed E-state index contributed by atoms with van der Waals surface area (Å²) in [6.45, 7) is 4.98. The fourth-order valence-corrected chi connectivity index (χ4v) is 2.60. The van der Waals surface area contributed by atoms with Crippen molar-refractivity contribution in [1.82, 2.24) is 9.88 Å². The summed E-state index contributed by atoms with van der Waals surface area (Å²) in [5, 5.41) is 9.02. The van der Waals surface area contributed by atoms with Gasteiger partial charge in [0.2, 0.25) is 5.01 Å². The lowest BCUT2D eigenvalue weighted by atomic mass is 10.2. The van der Waals surface area contributed by atoms with E-state index >= 15 is 0 Å². The maximum absolute atomic E-state index is 10.7. The molecular weight excluding hydrogens is 200 g/mol. The van der Waals surface area contributed by atoms with Crippen molar-refractivity contribution in [2.24, 2.45) is 0 Å². The average Bonchev–Trinajstić information content (AvgIpc) is 2.59. The number of carbonyl (C=O) groups is 1. The van der Waals surface area contributed by atoms with E-state index in [-0.39, 0.29) is 5.01 Å². The number of hydrogen-bond acceptors (Lipinski definition) is 4. The van der Waals surface area contributed by atoms with E-state index in [9.17, 15) is 4.79 Å². The molecule has 0 atom stereocenters. The van der Waals surface area contributed by atoms with Gasteiger partial charge >= 0.3 is 5.97 Å². The molecule has 1 N–H and O–H groups in total. The summed E-state index contributed by atoms with van der Waals surface area (Å²) < 4.78 is 0. The number of aromatic carboxylic acids is 1. The van der Waals surface area contributed by atoms with Crippen molar-refractivity contribution in [1.29, 1.82) is 0 Å². The van der Waals surface area contributed by atoms with E-state index in [4.69, 9.17) is 5.11 Å². The Morgan fingerprint density at radius 3 is 3.14 bits per heavy atom. The fourth-order valence-electron chi connectivity index (χ4n) is 1.61. The highest BCUT2D eigenvalue weighted by Crippen LogP contribution is 2.24. The fraction of sp³-hybridized carbons (Fsp3) is 0.556. The molecule has 5 heteroatoms. The summed E-state index contributed by atoms with van der Waals surface area (Å²) in [5.41, 5.74) is 0.983. The molecule has 0 bridgehead atoms. The predicted molar refractivity (Wildman–Crippen MR) is 53.7 cm³/mol. The van der Waals surface area contributed by atoms with Crippen molar-refractivity contribution >= 4 is 17.3 Å². The summed E-state index contributed by atoms with van der Waals surface area (Å²) in [4.78, 5) is 18.2. The van der Waals surface area contributed by atoms with Gasteiger partial charge in [0.05, 0.1) is 5.69 Å². The molecule has 0 amide bonds. The first-order valence-electron chi connectivity index (χ1n) is 4.65. The Bertz CT molecular complexity index is 362. The lowest BCUT2D eigenvalue weighted by molar-refractivity contribution is 0.0696. The van der Waals surface area contributed by atoms with Crippen molar-refractivity contribution < 1.29 is 9.90 Å². The van der Waals surface area contributed by atoms with Gasteiger partial charge in [0.25, 0.3) is 0 Å². The minimum atomic E-state index is -0.910. The highest BCUT2D eigenvalue weighted by atomic mass is 32.1. The van der Waals surface area contributed by atoms with Gasteiger partial charge in [-0.2, -0.15) is 0 Å². The SMILES string of the molecule is CCN1CCc2nc(C(=O)O)sc2C1. The molecule has 0 aromatic carbocycles. The molecule has 14 heavy (non-hydrogen) atoms. The normalized spacial score (nSPS) is 16.6. The van der Waals surface area contributed by atoms with Crippen LogP contribution in [0.25, 0.3) is 0 Å². The molecular formula is C9H12N2O2S. The van der Waals surface area contributed by atoms with E-state index in [0.717, 1.165) is 36.6 Å². The third kappa shape index (κ3) is 1.65. The maximum Gasteiger partial charge on any atom is 0.365 e. The van der Waals surface area contributed by atoms with Crippen LogP contribution in [0, 0.1) is 0 Å². The van der Waals surface area contributed by atoms with Gasteiger partial charge in [0.15, 0.2) is 0 Å². The number of hydrogen-bond donors (Lipinski definition) is 1. The minimum absolute atomic E-state index is 0.230. The van der Waals surface area contributed by atoms with Crippen molar-refractivity contribution in [3.8, 4) is 0 Å². The van der Waals surface area contributed by atoms with Gasteiger partial charge in [-0.1, -0.05) is 6.92 Å². The van der Waals surface area contributed by atoms with Gasteiger partial charge in [-0.15, -0.1) is 11.3 Å². The summed E-state index contributed by atoms with van der Waals surface area (Å²) in [7, 11) is 0. The standard InChI is InChI=1S/C9H12N2O2S/c1-2-11-4-3-6-7(5-11)14-8(10-6)9(12)13/h2-5H2,1H3,(H,12,13). The zero-order valence-electron chi connectivity index (χ0n) is 7.99. The number of fused-ring (bicyclic) bond motifs is 1.